The minimum Gasteiger partial charge on any atom is -0.334 e. The summed E-state index contributed by atoms with van der Waals surface area (Å²) in [4.78, 5) is 38.3. The van der Waals surface area contributed by atoms with Crippen molar-refractivity contribution in [3.05, 3.63) is 70.5 Å². The number of carbonyl (C=O) groups is 2. The number of anilines is 1. The highest BCUT2D eigenvalue weighted by molar-refractivity contribution is 7.13. The van der Waals surface area contributed by atoms with Gasteiger partial charge in [0, 0.05) is 25.2 Å². The summed E-state index contributed by atoms with van der Waals surface area (Å²) in [7, 11) is 1.64. The first-order valence-corrected chi connectivity index (χ1v) is 9.56. The zero-order chi connectivity index (χ0) is 20.8. The van der Waals surface area contributed by atoms with Crippen LogP contribution in [0.3, 0.4) is 0 Å². The molecule has 29 heavy (non-hydrogen) atoms. The molecule has 0 saturated carbocycles. The molecule has 0 atom stereocenters. The number of aromatic nitrogens is 3. The van der Waals surface area contributed by atoms with Gasteiger partial charge >= 0.3 is 6.03 Å². The molecule has 0 spiro atoms. The monoisotopic (exact) mass is 414 g/mol. The maximum Gasteiger partial charge on any atom is 0.321 e. The van der Waals surface area contributed by atoms with E-state index in [-0.39, 0.29) is 30.5 Å². The highest BCUT2D eigenvalue weighted by Gasteiger charge is 2.15. The summed E-state index contributed by atoms with van der Waals surface area (Å²) in [6, 6.07) is 5.54. The zero-order valence-electron chi connectivity index (χ0n) is 15.8. The predicted molar refractivity (Wildman–Crippen MR) is 107 cm³/mol. The van der Waals surface area contributed by atoms with Crippen LogP contribution >= 0.6 is 11.3 Å². The highest BCUT2D eigenvalue weighted by atomic mass is 32.1. The number of amides is 3. The van der Waals surface area contributed by atoms with Gasteiger partial charge in [-0.15, -0.1) is 11.3 Å². The number of thiazole rings is 1. The number of rotatable bonds is 6. The molecule has 0 fully saturated rings. The van der Waals surface area contributed by atoms with E-state index in [1.54, 1.807) is 31.5 Å². The quantitative estimate of drug-likeness (QED) is 0.646. The first-order chi connectivity index (χ1) is 13.9. The van der Waals surface area contributed by atoms with Gasteiger partial charge in [0.05, 0.1) is 24.1 Å². The van der Waals surface area contributed by atoms with Crippen LogP contribution in [-0.4, -0.2) is 38.8 Å². The van der Waals surface area contributed by atoms with Gasteiger partial charge in [0.2, 0.25) is 0 Å². The minimum atomic E-state index is -0.450. The number of benzene rings is 1. The number of urea groups is 1. The van der Waals surface area contributed by atoms with Gasteiger partial charge in [-0.3, -0.25) is 15.1 Å². The molecule has 10 heteroatoms. The van der Waals surface area contributed by atoms with Crippen molar-refractivity contribution in [1.82, 2.24) is 25.2 Å². The molecule has 0 aliphatic carbocycles. The second kappa shape index (κ2) is 9.20. The Morgan fingerprint density at radius 3 is 2.79 bits per heavy atom. The van der Waals surface area contributed by atoms with Crippen LogP contribution in [0.1, 0.15) is 27.4 Å². The molecule has 8 nitrogen and oxygen atoms in total. The first kappa shape index (κ1) is 20.3. The van der Waals surface area contributed by atoms with E-state index >= 15 is 0 Å². The largest absolute Gasteiger partial charge is 0.334 e. The number of nitrogens with one attached hydrogen (secondary N) is 2. The van der Waals surface area contributed by atoms with Crippen LogP contribution in [0.5, 0.6) is 0 Å². The molecule has 3 amide bonds. The van der Waals surface area contributed by atoms with Gasteiger partial charge in [0.25, 0.3) is 5.91 Å². The van der Waals surface area contributed by atoms with Crippen molar-refractivity contribution in [1.29, 1.82) is 0 Å². The molecule has 2 N–H and O–H groups in total. The van der Waals surface area contributed by atoms with E-state index < -0.39 is 6.03 Å². The Kier molecular flexibility index (Phi) is 6.45. The Hall–Kier alpha value is -3.40. The average molecular weight is 414 g/mol. The maximum atomic E-state index is 13.2. The molecule has 0 bridgehead atoms. The van der Waals surface area contributed by atoms with E-state index in [0.29, 0.717) is 16.4 Å². The summed E-state index contributed by atoms with van der Waals surface area (Å²) in [5.41, 5.74) is 2.27. The summed E-state index contributed by atoms with van der Waals surface area (Å²) < 4.78 is 13.2. The molecule has 1 aromatic carbocycles. The van der Waals surface area contributed by atoms with Gasteiger partial charge in [-0.25, -0.2) is 19.2 Å². The van der Waals surface area contributed by atoms with Crippen LogP contribution in [0, 0.1) is 12.7 Å². The molecular formula is C19H19FN6O2S. The number of halogens is 1. The summed E-state index contributed by atoms with van der Waals surface area (Å²) in [5.74, 6) is -0.627. The summed E-state index contributed by atoms with van der Waals surface area (Å²) in [6.45, 7) is 2.25. The van der Waals surface area contributed by atoms with Gasteiger partial charge in [-0.05, 0) is 24.6 Å². The standard InChI is InChI=1S/C19H19FN6O2S/c1-12-7-22-16(9-21-12)17(27)26(2)10-15-11-29-19(24-15)25-18(28)23-8-13-4-3-5-14(20)6-13/h3-7,9,11H,8,10H2,1-2H3,(H2,23,24,25,28). The van der Waals surface area contributed by atoms with Crippen molar-refractivity contribution >= 4 is 28.4 Å². The summed E-state index contributed by atoms with van der Waals surface area (Å²) in [6.07, 6.45) is 2.97. The fourth-order valence-electron chi connectivity index (χ4n) is 2.42. The third-order valence-electron chi connectivity index (χ3n) is 3.86. The Morgan fingerprint density at radius 1 is 1.24 bits per heavy atom. The lowest BCUT2D eigenvalue weighted by Gasteiger charge is -2.15. The van der Waals surface area contributed by atoms with Gasteiger partial charge in [-0.2, -0.15) is 0 Å². The lowest BCUT2D eigenvalue weighted by molar-refractivity contribution is 0.0777. The smallest absolute Gasteiger partial charge is 0.321 e. The SMILES string of the molecule is Cc1cnc(C(=O)N(C)Cc2csc(NC(=O)NCc3cccc(F)c3)n2)cn1. The van der Waals surface area contributed by atoms with Crippen molar-refractivity contribution in [2.45, 2.75) is 20.0 Å². The van der Waals surface area contributed by atoms with Crippen LogP contribution in [0.15, 0.2) is 42.0 Å². The molecule has 0 saturated heterocycles. The molecule has 3 aromatic rings. The van der Waals surface area contributed by atoms with E-state index in [1.165, 1.54) is 40.8 Å². The predicted octanol–water partition coefficient (Wildman–Crippen LogP) is 2.97. The second-order valence-electron chi connectivity index (χ2n) is 6.29. The molecule has 2 aromatic heterocycles. The molecule has 0 radical (unpaired) electrons. The number of aryl methyl sites for hydroxylation is 1. The molecule has 3 rings (SSSR count). The van der Waals surface area contributed by atoms with Gasteiger partial charge in [-0.1, -0.05) is 12.1 Å². The number of nitrogens with zero attached hydrogens (tertiary/aromatic N) is 4. The number of carbonyl (C=O) groups excluding carboxylic acids is 2. The van der Waals surface area contributed by atoms with E-state index in [9.17, 15) is 14.0 Å². The Bertz CT molecular complexity index is 1010. The molecule has 0 aliphatic heterocycles. The normalized spacial score (nSPS) is 10.4. The van der Waals surface area contributed by atoms with E-state index in [1.807, 2.05) is 0 Å². The zero-order valence-corrected chi connectivity index (χ0v) is 16.7. The summed E-state index contributed by atoms with van der Waals surface area (Å²) in [5, 5.41) is 7.42. The van der Waals surface area contributed by atoms with Crippen molar-refractivity contribution in [2.24, 2.45) is 0 Å². The molecular weight excluding hydrogens is 395 g/mol. The fraction of sp³-hybridized carbons (Fsp3) is 0.211. The van der Waals surface area contributed by atoms with E-state index in [2.05, 4.69) is 25.6 Å². The van der Waals surface area contributed by atoms with E-state index in [0.717, 1.165) is 5.69 Å². The number of hydrogen-bond donors (Lipinski definition) is 2. The molecule has 0 unspecified atom stereocenters. The first-order valence-electron chi connectivity index (χ1n) is 8.68. The third-order valence-corrected chi connectivity index (χ3v) is 4.67. The Morgan fingerprint density at radius 2 is 2.07 bits per heavy atom. The lowest BCUT2D eigenvalue weighted by Crippen LogP contribution is -2.28. The van der Waals surface area contributed by atoms with Crippen LogP contribution in [0.2, 0.25) is 0 Å². The van der Waals surface area contributed by atoms with Crippen LogP contribution in [0.25, 0.3) is 0 Å². The van der Waals surface area contributed by atoms with Gasteiger partial charge < -0.3 is 10.2 Å². The fourth-order valence-corrected chi connectivity index (χ4v) is 3.12. The van der Waals surface area contributed by atoms with Crippen LogP contribution in [0.4, 0.5) is 14.3 Å². The highest BCUT2D eigenvalue weighted by Crippen LogP contribution is 2.17. The van der Waals surface area contributed by atoms with Crippen LogP contribution in [-0.2, 0) is 13.1 Å². The van der Waals surface area contributed by atoms with Crippen molar-refractivity contribution < 1.29 is 14.0 Å². The third kappa shape index (κ3) is 5.79. The lowest BCUT2D eigenvalue weighted by atomic mass is 10.2. The molecule has 0 aliphatic rings. The van der Waals surface area contributed by atoms with E-state index in [4.69, 9.17) is 0 Å². The summed E-state index contributed by atoms with van der Waals surface area (Å²) >= 11 is 1.24. The van der Waals surface area contributed by atoms with Crippen LogP contribution < -0.4 is 10.6 Å². The van der Waals surface area contributed by atoms with Gasteiger partial charge in [0.15, 0.2) is 5.13 Å². The van der Waals surface area contributed by atoms with Gasteiger partial charge in [0.1, 0.15) is 11.5 Å². The van der Waals surface area contributed by atoms with Crippen molar-refractivity contribution in [3.8, 4) is 0 Å². The Balaban J connectivity index is 1.51. The number of hydrogen-bond acceptors (Lipinski definition) is 6. The maximum absolute atomic E-state index is 13.2. The minimum absolute atomic E-state index is 0.191. The second-order valence-corrected chi connectivity index (χ2v) is 7.14. The molecule has 2 heterocycles. The topological polar surface area (TPSA) is 100 Å². The Labute approximate surface area is 170 Å². The average Bonchev–Trinajstić information content (AvgIpc) is 3.13. The molecule has 150 valence electrons. The van der Waals surface area contributed by atoms with Crippen molar-refractivity contribution in [2.75, 3.05) is 12.4 Å². The van der Waals surface area contributed by atoms with Crippen molar-refractivity contribution in [3.63, 3.8) is 0 Å².